The van der Waals surface area contributed by atoms with Crippen LogP contribution in [0.25, 0.3) is 11.5 Å². The van der Waals surface area contributed by atoms with E-state index in [4.69, 9.17) is 4.42 Å². The first-order chi connectivity index (χ1) is 16.2. The first kappa shape index (κ1) is 22.4. The molecular weight excluding hydrogens is 438 g/mol. The molecule has 2 aliphatic heterocycles. The van der Waals surface area contributed by atoms with Gasteiger partial charge in [-0.15, -0.1) is 22.0 Å². The molecule has 33 heavy (non-hydrogen) atoms. The normalized spacial score (nSPS) is 26.0. The van der Waals surface area contributed by atoms with Crippen molar-refractivity contribution in [3.05, 3.63) is 36.2 Å². The number of thioether (sulfide) groups is 1. The van der Waals surface area contributed by atoms with Crippen molar-refractivity contribution in [2.45, 2.75) is 62.4 Å². The van der Waals surface area contributed by atoms with Crippen molar-refractivity contribution >= 4 is 23.6 Å². The maximum Gasteiger partial charge on any atom is 0.247 e. The number of nitrogens with one attached hydrogen (secondary N) is 2. The Morgan fingerprint density at radius 3 is 2.70 bits per heavy atom. The molecule has 3 fully saturated rings. The van der Waals surface area contributed by atoms with Gasteiger partial charge in [0.05, 0.1) is 5.92 Å². The highest BCUT2D eigenvalue weighted by molar-refractivity contribution is 7.99. The van der Waals surface area contributed by atoms with E-state index in [1.807, 2.05) is 35.2 Å². The van der Waals surface area contributed by atoms with Crippen LogP contribution in [0.4, 0.5) is 0 Å². The number of nitrogens with zero attached hydrogens (tertiary/aromatic N) is 3. The van der Waals surface area contributed by atoms with E-state index in [0.717, 1.165) is 37.7 Å². The lowest BCUT2D eigenvalue weighted by molar-refractivity contribution is -0.132. The summed E-state index contributed by atoms with van der Waals surface area (Å²) < 4.78 is 5.91. The molecule has 3 heterocycles. The van der Waals surface area contributed by atoms with Crippen molar-refractivity contribution in [1.82, 2.24) is 25.7 Å². The Balaban J connectivity index is 1.05. The number of fused-ring (bicyclic) bond motifs is 1. The van der Waals surface area contributed by atoms with Gasteiger partial charge in [-0.1, -0.05) is 31.0 Å². The zero-order valence-electron chi connectivity index (χ0n) is 18.7. The summed E-state index contributed by atoms with van der Waals surface area (Å²) in [6.45, 7) is 1.42. The van der Waals surface area contributed by atoms with Gasteiger partial charge in [-0.2, -0.15) is 0 Å². The number of benzene rings is 1. The van der Waals surface area contributed by atoms with E-state index in [9.17, 15) is 9.59 Å². The van der Waals surface area contributed by atoms with Crippen molar-refractivity contribution < 1.29 is 14.0 Å². The average Bonchev–Trinajstić information content (AvgIpc) is 3.35. The van der Waals surface area contributed by atoms with Crippen molar-refractivity contribution in [3.8, 4) is 11.5 Å². The highest BCUT2D eigenvalue weighted by Gasteiger charge is 2.37. The summed E-state index contributed by atoms with van der Waals surface area (Å²) in [5, 5.41) is 15.1. The van der Waals surface area contributed by atoms with Crippen LogP contribution < -0.4 is 10.6 Å². The number of piperidine rings is 1. The lowest BCUT2D eigenvalue weighted by Crippen LogP contribution is -2.60. The Bertz CT molecular complexity index is 960. The molecule has 0 radical (unpaired) electrons. The molecule has 2 saturated heterocycles. The summed E-state index contributed by atoms with van der Waals surface area (Å²) >= 11 is 1.62. The minimum Gasteiger partial charge on any atom is -0.420 e. The maximum absolute atomic E-state index is 12.7. The number of amides is 2. The van der Waals surface area contributed by atoms with Crippen LogP contribution in [0.15, 0.2) is 34.7 Å². The van der Waals surface area contributed by atoms with Gasteiger partial charge in [0.2, 0.25) is 23.6 Å². The standard InChI is InChI=1S/C24H31N5O3S/c30-20(12-15-33-24-25-19-9-5-4-8-18(19)21(31)26-24)29-13-10-17(11-14-29)23-28-27-22(32-23)16-6-2-1-3-7-16/h1-3,6-7,17-19,24-25H,4-5,8-15H2,(H,26,31). The second kappa shape index (κ2) is 10.3. The lowest BCUT2D eigenvalue weighted by atomic mass is 9.83. The van der Waals surface area contributed by atoms with E-state index in [-0.39, 0.29) is 35.2 Å². The van der Waals surface area contributed by atoms with Crippen molar-refractivity contribution in [2.24, 2.45) is 5.92 Å². The van der Waals surface area contributed by atoms with Gasteiger partial charge in [-0.25, -0.2) is 0 Å². The molecule has 2 N–H and O–H groups in total. The van der Waals surface area contributed by atoms with Gasteiger partial charge in [0, 0.05) is 42.8 Å². The molecule has 0 spiro atoms. The fourth-order valence-corrected chi connectivity index (χ4v) is 6.10. The Labute approximate surface area is 198 Å². The van der Waals surface area contributed by atoms with Crippen LogP contribution in [0, 0.1) is 5.92 Å². The van der Waals surface area contributed by atoms with Crippen LogP contribution in [0.3, 0.4) is 0 Å². The first-order valence-corrected chi connectivity index (χ1v) is 13.1. The summed E-state index contributed by atoms with van der Waals surface area (Å²) in [7, 11) is 0. The van der Waals surface area contributed by atoms with E-state index >= 15 is 0 Å². The number of rotatable bonds is 6. The van der Waals surface area contributed by atoms with Crippen LogP contribution in [0.5, 0.6) is 0 Å². The number of hydrogen-bond donors (Lipinski definition) is 2. The number of carbonyl (C=O) groups excluding carboxylic acids is 2. The fraction of sp³-hybridized carbons (Fsp3) is 0.583. The van der Waals surface area contributed by atoms with E-state index in [0.29, 0.717) is 37.0 Å². The van der Waals surface area contributed by atoms with Crippen molar-refractivity contribution in [1.29, 1.82) is 0 Å². The molecule has 3 aliphatic rings. The van der Waals surface area contributed by atoms with Crippen LogP contribution in [0.1, 0.15) is 56.8 Å². The van der Waals surface area contributed by atoms with Crippen LogP contribution >= 0.6 is 11.8 Å². The molecule has 3 unspecified atom stereocenters. The number of hydrogen-bond acceptors (Lipinski definition) is 7. The SMILES string of the molecule is O=C1NC(SCCC(=O)N2CCC(c3nnc(-c4ccccc4)o3)CC2)NC2CCCCC12. The Morgan fingerprint density at radius 2 is 1.88 bits per heavy atom. The minimum absolute atomic E-state index is 0.0910. The minimum atomic E-state index is -0.0910. The molecule has 3 atom stereocenters. The van der Waals surface area contributed by atoms with Gasteiger partial charge in [0.25, 0.3) is 0 Å². The van der Waals surface area contributed by atoms with E-state index in [1.54, 1.807) is 11.8 Å². The van der Waals surface area contributed by atoms with Crippen LogP contribution in [0.2, 0.25) is 0 Å². The highest BCUT2D eigenvalue weighted by Crippen LogP contribution is 2.31. The van der Waals surface area contributed by atoms with Gasteiger partial charge in [-0.3, -0.25) is 14.9 Å². The van der Waals surface area contributed by atoms with Crippen molar-refractivity contribution in [3.63, 3.8) is 0 Å². The third kappa shape index (κ3) is 5.24. The third-order valence-corrected chi connectivity index (χ3v) is 8.03. The zero-order chi connectivity index (χ0) is 22.6. The van der Waals surface area contributed by atoms with E-state index in [2.05, 4.69) is 20.8 Å². The zero-order valence-corrected chi connectivity index (χ0v) is 19.6. The number of aromatic nitrogens is 2. The predicted molar refractivity (Wildman–Crippen MR) is 126 cm³/mol. The van der Waals surface area contributed by atoms with Crippen LogP contribution in [-0.2, 0) is 9.59 Å². The van der Waals surface area contributed by atoms with Gasteiger partial charge >= 0.3 is 0 Å². The largest absolute Gasteiger partial charge is 0.420 e. The van der Waals surface area contributed by atoms with E-state index < -0.39 is 0 Å². The second-order valence-corrected chi connectivity index (χ2v) is 10.4. The molecule has 1 saturated carbocycles. The lowest BCUT2D eigenvalue weighted by Gasteiger charge is -2.39. The number of likely N-dealkylation sites (tertiary alicyclic amines) is 1. The van der Waals surface area contributed by atoms with Gasteiger partial charge in [0.15, 0.2) is 0 Å². The predicted octanol–water partition coefficient (Wildman–Crippen LogP) is 3.13. The summed E-state index contributed by atoms with van der Waals surface area (Å²) in [5.74, 6) is 2.55. The summed E-state index contributed by atoms with van der Waals surface area (Å²) in [6.07, 6.45) is 6.51. The molecule has 176 valence electrons. The molecular formula is C24H31N5O3S. The molecule has 1 aromatic carbocycles. The fourth-order valence-electron chi connectivity index (χ4n) is 5.10. The van der Waals surface area contributed by atoms with Gasteiger partial charge < -0.3 is 14.6 Å². The third-order valence-electron chi connectivity index (χ3n) is 7.00. The molecule has 0 bridgehead atoms. The summed E-state index contributed by atoms with van der Waals surface area (Å²) in [6, 6.07) is 10.1. The molecule has 2 amide bonds. The van der Waals surface area contributed by atoms with Crippen molar-refractivity contribution in [2.75, 3.05) is 18.8 Å². The molecule has 5 rings (SSSR count). The number of carbonyl (C=O) groups is 2. The van der Waals surface area contributed by atoms with Crippen LogP contribution in [-0.4, -0.2) is 57.3 Å². The average molecular weight is 470 g/mol. The Morgan fingerprint density at radius 1 is 1.09 bits per heavy atom. The molecule has 2 aromatic rings. The molecule has 1 aromatic heterocycles. The van der Waals surface area contributed by atoms with Gasteiger partial charge in [-0.05, 0) is 37.8 Å². The summed E-state index contributed by atoms with van der Waals surface area (Å²) in [5.41, 5.74) is 0.829. The second-order valence-electron chi connectivity index (χ2n) is 9.14. The monoisotopic (exact) mass is 469 g/mol. The molecule has 9 heteroatoms. The Hall–Kier alpha value is -2.39. The highest BCUT2D eigenvalue weighted by atomic mass is 32.2. The smallest absolute Gasteiger partial charge is 0.247 e. The topological polar surface area (TPSA) is 100 Å². The quantitative estimate of drug-likeness (QED) is 0.670. The summed E-state index contributed by atoms with van der Waals surface area (Å²) in [4.78, 5) is 27.0. The molecule has 1 aliphatic carbocycles. The maximum atomic E-state index is 12.7. The Kier molecular flexibility index (Phi) is 6.96. The van der Waals surface area contributed by atoms with E-state index in [1.165, 1.54) is 6.42 Å². The first-order valence-electron chi connectivity index (χ1n) is 12.0. The van der Waals surface area contributed by atoms with Gasteiger partial charge in [0.1, 0.15) is 5.50 Å². The molecule has 8 nitrogen and oxygen atoms in total.